The molecule has 1 saturated heterocycles. The third-order valence-electron chi connectivity index (χ3n) is 4.75. The number of nitrogens with zero attached hydrogens (tertiary/aromatic N) is 4. The minimum absolute atomic E-state index is 0.546. The highest BCUT2D eigenvalue weighted by molar-refractivity contribution is 5.49. The molecular weight excluding hydrogens is 310 g/mol. The molecule has 1 aliphatic rings. The molecule has 1 N–H and O–H groups in total. The Labute approximate surface area is 148 Å². The second-order valence-electron chi connectivity index (χ2n) is 6.55. The average Bonchev–Trinajstić information content (AvgIpc) is 3.20. The maximum Gasteiger partial charge on any atom is 0.0647 e. The van der Waals surface area contributed by atoms with Gasteiger partial charge >= 0.3 is 0 Å². The highest BCUT2D eigenvalue weighted by Gasteiger charge is 2.19. The molecule has 0 radical (unpaired) electrons. The van der Waals surface area contributed by atoms with Gasteiger partial charge in [-0.15, -0.1) is 0 Å². The van der Waals surface area contributed by atoms with E-state index >= 15 is 0 Å². The second kappa shape index (κ2) is 7.49. The van der Waals surface area contributed by atoms with Crippen LogP contribution >= 0.6 is 0 Å². The van der Waals surface area contributed by atoms with Gasteiger partial charge in [-0.05, 0) is 60.9 Å². The highest BCUT2D eigenvalue weighted by Crippen LogP contribution is 2.19. The summed E-state index contributed by atoms with van der Waals surface area (Å²) in [5.41, 5.74) is 3.61. The number of likely N-dealkylation sites (tertiary alicyclic amines) is 1. The van der Waals surface area contributed by atoms with Gasteiger partial charge in [-0.25, -0.2) is 4.68 Å². The van der Waals surface area contributed by atoms with Crippen LogP contribution in [0, 0.1) is 0 Å². The number of benzene rings is 1. The molecule has 0 aliphatic carbocycles. The predicted molar refractivity (Wildman–Crippen MR) is 99.7 cm³/mol. The molecule has 3 aromatic rings. The van der Waals surface area contributed by atoms with E-state index in [2.05, 4.69) is 56.7 Å². The topological polar surface area (TPSA) is 46.0 Å². The van der Waals surface area contributed by atoms with Gasteiger partial charge in [-0.3, -0.25) is 9.88 Å². The summed E-state index contributed by atoms with van der Waals surface area (Å²) < 4.78 is 1.88. The van der Waals surface area contributed by atoms with Gasteiger partial charge < -0.3 is 5.32 Å². The molecule has 0 atom stereocenters. The van der Waals surface area contributed by atoms with Crippen LogP contribution < -0.4 is 5.32 Å². The van der Waals surface area contributed by atoms with Crippen molar-refractivity contribution in [3.05, 3.63) is 72.8 Å². The van der Waals surface area contributed by atoms with Crippen LogP contribution in [0.3, 0.4) is 0 Å². The Kier molecular flexibility index (Phi) is 4.74. The molecule has 25 heavy (non-hydrogen) atoms. The first-order valence-electron chi connectivity index (χ1n) is 8.85. The molecule has 0 spiro atoms. The lowest BCUT2D eigenvalue weighted by Crippen LogP contribution is -2.38. The van der Waals surface area contributed by atoms with Crippen LogP contribution in [0.1, 0.15) is 18.4 Å². The van der Waals surface area contributed by atoms with E-state index in [0.29, 0.717) is 6.04 Å². The fourth-order valence-electron chi connectivity index (χ4n) is 3.35. The third-order valence-corrected chi connectivity index (χ3v) is 4.75. The molecule has 0 amide bonds. The SMILES string of the molecule is c1cnn(-c2ccc(NC3CCN(Cc4ccncc4)CC3)cc2)c1. The minimum atomic E-state index is 0.546. The zero-order chi connectivity index (χ0) is 16.9. The third kappa shape index (κ3) is 4.06. The van der Waals surface area contributed by atoms with E-state index in [9.17, 15) is 0 Å². The van der Waals surface area contributed by atoms with Crippen molar-refractivity contribution in [3.8, 4) is 5.69 Å². The van der Waals surface area contributed by atoms with Crippen LogP contribution in [0.4, 0.5) is 5.69 Å². The molecule has 3 heterocycles. The number of anilines is 1. The maximum atomic E-state index is 4.26. The molecule has 1 aliphatic heterocycles. The van der Waals surface area contributed by atoms with E-state index in [1.165, 1.54) is 24.1 Å². The first-order valence-corrected chi connectivity index (χ1v) is 8.85. The van der Waals surface area contributed by atoms with E-state index in [1.54, 1.807) is 6.20 Å². The lowest BCUT2D eigenvalue weighted by Gasteiger charge is -2.32. The Balaban J connectivity index is 1.28. The zero-order valence-electron chi connectivity index (χ0n) is 14.3. The summed E-state index contributed by atoms with van der Waals surface area (Å²) in [7, 11) is 0. The highest BCUT2D eigenvalue weighted by atomic mass is 15.3. The Hall–Kier alpha value is -2.66. The summed E-state index contributed by atoms with van der Waals surface area (Å²) in [6.45, 7) is 3.28. The molecule has 0 bridgehead atoms. The average molecular weight is 333 g/mol. The Morgan fingerprint density at radius 3 is 2.40 bits per heavy atom. The van der Waals surface area contributed by atoms with Gasteiger partial charge in [-0.1, -0.05) is 0 Å². The predicted octanol–water partition coefficient (Wildman–Crippen LogP) is 3.34. The lowest BCUT2D eigenvalue weighted by atomic mass is 10.0. The summed E-state index contributed by atoms with van der Waals surface area (Å²) >= 11 is 0. The quantitative estimate of drug-likeness (QED) is 0.778. The Bertz CT molecular complexity index is 760. The maximum absolute atomic E-state index is 4.26. The molecule has 5 nitrogen and oxygen atoms in total. The van der Waals surface area contributed by atoms with Gasteiger partial charge in [0.1, 0.15) is 0 Å². The van der Waals surface area contributed by atoms with Crippen molar-refractivity contribution in [1.29, 1.82) is 0 Å². The van der Waals surface area contributed by atoms with Crippen molar-refractivity contribution in [1.82, 2.24) is 19.7 Å². The Morgan fingerprint density at radius 2 is 1.72 bits per heavy atom. The molecule has 1 fully saturated rings. The smallest absolute Gasteiger partial charge is 0.0647 e. The number of piperidine rings is 1. The van der Waals surface area contributed by atoms with Crippen LogP contribution in [-0.4, -0.2) is 38.8 Å². The molecule has 2 aromatic heterocycles. The fraction of sp³-hybridized carbons (Fsp3) is 0.300. The summed E-state index contributed by atoms with van der Waals surface area (Å²) in [5.74, 6) is 0. The van der Waals surface area contributed by atoms with E-state index in [0.717, 1.165) is 25.3 Å². The van der Waals surface area contributed by atoms with Crippen LogP contribution in [0.15, 0.2) is 67.3 Å². The van der Waals surface area contributed by atoms with E-state index in [-0.39, 0.29) is 0 Å². The number of hydrogen-bond donors (Lipinski definition) is 1. The molecule has 128 valence electrons. The number of nitrogens with one attached hydrogen (secondary N) is 1. The summed E-state index contributed by atoms with van der Waals surface area (Å²) in [4.78, 5) is 6.61. The first kappa shape index (κ1) is 15.8. The number of rotatable bonds is 5. The van der Waals surface area contributed by atoms with Gasteiger partial charge in [0.05, 0.1) is 5.69 Å². The van der Waals surface area contributed by atoms with Gasteiger partial charge in [0.15, 0.2) is 0 Å². The zero-order valence-corrected chi connectivity index (χ0v) is 14.3. The standard InChI is InChI=1S/C20H23N5/c1-10-22-25(13-1)20-4-2-18(3-5-20)23-19-8-14-24(15-9-19)16-17-6-11-21-12-7-17/h1-7,10-13,19,23H,8-9,14-16H2. The van der Waals surface area contributed by atoms with Crippen molar-refractivity contribution in [2.45, 2.75) is 25.4 Å². The molecular formula is C20H23N5. The van der Waals surface area contributed by atoms with Gasteiger partial charge in [-0.2, -0.15) is 5.10 Å². The van der Waals surface area contributed by atoms with E-state index in [4.69, 9.17) is 0 Å². The lowest BCUT2D eigenvalue weighted by molar-refractivity contribution is 0.211. The summed E-state index contributed by atoms with van der Waals surface area (Å²) in [5, 5.41) is 7.93. The van der Waals surface area contributed by atoms with Crippen molar-refractivity contribution in [3.63, 3.8) is 0 Å². The van der Waals surface area contributed by atoms with Crippen molar-refractivity contribution in [2.75, 3.05) is 18.4 Å². The van der Waals surface area contributed by atoms with Gasteiger partial charge in [0, 0.05) is 56.2 Å². The number of pyridine rings is 1. The van der Waals surface area contributed by atoms with Gasteiger partial charge in [0.2, 0.25) is 0 Å². The van der Waals surface area contributed by atoms with Crippen molar-refractivity contribution >= 4 is 5.69 Å². The van der Waals surface area contributed by atoms with Crippen molar-refractivity contribution < 1.29 is 0 Å². The summed E-state index contributed by atoms with van der Waals surface area (Å²) in [6, 6.07) is 15.2. The van der Waals surface area contributed by atoms with E-state index < -0.39 is 0 Å². The largest absolute Gasteiger partial charge is 0.382 e. The van der Waals surface area contributed by atoms with Crippen LogP contribution in [0.2, 0.25) is 0 Å². The van der Waals surface area contributed by atoms with Crippen LogP contribution in [0.5, 0.6) is 0 Å². The molecule has 0 saturated carbocycles. The number of aromatic nitrogens is 3. The normalized spacial score (nSPS) is 16.0. The van der Waals surface area contributed by atoms with E-state index in [1.807, 2.05) is 29.3 Å². The van der Waals surface area contributed by atoms with Crippen molar-refractivity contribution in [2.24, 2.45) is 0 Å². The fourth-order valence-corrected chi connectivity index (χ4v) is 3.35. The minimum Gasteiger partial charge on any atom is -0.382 e. The number of hydrogen-bond acceptors (Lipinski definition) is 4. The van der Waals surface area contributed by atoms with Gasteiger partial charge in [0.25, 0.3) is 0 Å². The van der Waals surface area contributed by atoms with Crippen LogP contribution in [-0.2, 0) is 6.54 Å². The van der Waals surface area contributed by atoms with Crippen LogP contribution in [0.25, 0.3) is 5.69 Å². The first-order chi connectivity index (χ1) is 12.4. The molecule has 5 heteroatoms. The Morgan fingerprint density at radius 1 is 0.960 bits per heavy atom. The second-order valence-corrected chi connectivity index (χ2v) is 6.55. The molecule has 4 rings (SSSR count). The monoisotopic (exact) mass is 333 g/mol. The summed E-state index contributed by atoms with van der Waals surface area (Å²) in [6.07, 6.45) is 9.85. The molecule has 0 unspecified atom stereocenters. The molecule has 1 aromatic carbocycles.